The number of nitrogens with zero attached hydrogens (tertiary/aromatic N) is 2. The highest BCUT2D eigenvalue weighted by molar-refractivity contribution is 5.61. The van der Waals surface area contributed by atoms with E-state index in [1.807, 2.05) is 24.3 Å². The first-order valence-electron chi connectivity index (χ1n) is 8.24. The molecule has 3 heteroatoms. The Morgan fingerprint density at radius 3 is 3.00 bits per heavy atom. The third-order valence-corrected chi connectivity index (χ3v) is 5.59. The number of aliphatic hydroxyl groups is 1. The SMILES string of the molecule is C=C[C@@H]1[C@@H]2CC=N[C@H]1[C@H]([C@H](O)C1=c3ccccc3=NCC1)C2. The van der Waals surface area contributed by atoms with Crippen LogP contribution in [0.4, 0.5) is 0 Å². The molecule has 114 valence electrons. The van der Waals surface area contributed by atoms with Gasteiger partial charge in [0.2, 0.25) is 0 Å². The molecule has 4 rings (SSSR count). The average molecular weight is 294 g/mol. The molecule has 2 heterocycles. The van der Waals surface area contributed by atoms with Crippen molar-refractivity contribution in [3.63, 3.8) is 0 Å². The van der Waals surface area contributed by atoms with Crippen molar-refractivity contribution in [2.45, 2.75) is 31.4 Å². The number of rotatable bonds is 3. The van der Waals surface area contributed by atoms with Crippen LogP contribution in [0.15, 0.2) is 46.9 Å². The largest absolute Gasteiger partial charge is 0.388 e. The smallest absolute Gasteiger partial charge is 0.0809 e. The molecule has 3 nitrogen and oxygen atoms in total. The van der Waals surface area contributed by atoms with Crippen molar-refractivity contribution >= 4 is 11.8 Å². The molecule has 2 bridgehead atoms. The van der Waals surface area contributed by atoms with Crippen LogP contribution in [0, 0.1) is 17.8 Å². The molecule has 1 fully saturated rings. The molecule has 1 aliphatic carbocycles. The fourth-order valence-corrected chi connectivity index (χ4v) is 4.52. The topological polar surface area (TPSA) is 45.0 Å². The highest BCUT2D eigenvalue weighted by atomic mass is 16.3. The summed E-state index contributed by atoms with van der Waals surface area (Å²) >= 11 is 0. The Hall–Kier alpha value is -1.74. The van der Waals surface area contributed by atoms with E-state index < -0.39 is 6.10 Å². The molecule has 0 unspecified atom stereocenters. The van der Waals surface area contributed by atoms with E-state index in [4.69, 9.17) is 4.99 Å². The van der Waals surface area contributed by atoms with Crippen LogP contribution in [0.2, 0.25) is 0 Å². The van der Waals surface area contributed by atoms with Gasteiger partial charge in [-0.1, -0.05) is 24.3 Å². The van der Waals surface area contributed by atoms with Gasteiger partial charge in [0.25, 0.3) is 0 Å². The van der Waals surface area contributed by atoms with E-state index in [0.717, 1.165) is 42.0 Å². The van der Waals surface area contributed by atoms with E-state index >= 15 is 0 Å². The van der Waals surface area contributed by atoms with Gasteiger partial charge in [-0.3, -0.25) is 9.98 Å². The normalized spacial score (nSPS) is 34.0. The number of benzene rings is 1. The van der Waals surface area contributed by atoms with Crippen LogP contribution in [-0.4, -0.2) is 30.0 Å². The highest BCUT2D eigenvalue weighted by Crippen LogP contribution is 2.46. The second kappa shape index (κ2) is 5.47. The van der Waals surface area contributed by atoms with Gasteiger partial charge in [-0.15, -0.1) is 6.58 Å². The number of para-hydroxylation sites is 1. The summed E-state index contributed by atoms with van der Waals surface area (Å²) in [6, 6.07) is 8.37. The summed E-state index contributed by atoms with van der Waals surface area (Å²) in [5, 5.41) is 13.2. The maximum Gasteiger partial charge on any atom is 0.0809 e. The molecule has 2 aliphatic heterocycles. The summed E-state index contributed by atoms with van der Waals surface area (Å²) in [4.78, 5) is 9.27. The van der Waals surface area contributed by atoms with E-state index in [1.165, 1.54) is 0 Å². The molecule has 1 saturated carbocycles. The Balaban J connectivity index is 1.74. The maximum atomic E-state index is 11.1. The molecule has 1 N–H and O–H groups in total. The summed E-state index contributed by atoms with van der Waals surface area (Å²) in [5.74, 6) is 1.24. The second-order valence-electron chi connectivity index (χ2n) is 6.65. The van der Waals surface area contributed by atoms with Gasteiger partial charge in [-0.25, -0.2) is 0 Å². The summed E-state index contributed by atoms with van der Waals surface area (Å²) in [6.45, 7) is 4.77. The number of fused-ring (bicyclic) bond motifs is 3. The van der Waals surface area contributed by atoms with Crippen LogP contribution < -0.4 is 10.6 Å². The Kier molecular flexibility index (Phi) is 3.45. The lowest BCUT2D eigenvalue weighted by molar-refractivity contribution is 0.148. The van der Waals surface area contributed by atoms with E-state index in [2.05, 4.69) is 23.9 Å². The number of aliphatic imine (C=N–C) groups is 1. The molecule has 1 aromatic carbocycles. The molecule has 5 atom stereocenters. The van der Waals surface area contributed by atoms with E-state index in [1.54, 1.807) is 0 Å². The fourth-order valence-electron chi connectivity index (χ4n) is 4.52. The Labute approximate surface area is 130 Å². The molecular formula is C19H22N2O. The van der Waals surface area contributed by atoms with Gasteiger partial charge in [0.05, 0.1) is 17.5 Å². The minimum Gasteiger partial charge on any atom is -0.388 e. The first kappa shape index (κ1) is 13.9. The van der Waals surface area contributed by atoms with Gasteiger partial charge >= 0.3 is 0 Å². The lowest BCUT2D eigenvalue weighted by atomic mass is 9.86. The van der Waals surface area contributed by atoms with Crippen LogP contribution >= 0.6 is 0 Å². The average Bonchev–Trinajstić information content (AvgIpc) is 2.77. The summed E-state index contributed by atoms with van der Waals surface area (Å²) in [5.41, 5.74) is 1.15. The Morgan fingerprint density at radius 1 is 1.32 bits per heavy atom. The number of hydrogen-bond donors (Lipinski definition) is 1. The first-order chi connectivity index (χ1) is 10.8. The van der Waals surface area contributed by atoms with Crippen molar-refractivity contribution in [1.29, 1.82) is 0 Å². The maximum absolute atomic E-state index is 11.1. The van der Waals surface area contributed by atoms with E-state index in [9.17, 15) is 5.11 Å². The predicted octanol–water partition coefficient (Wildman–Crippen LogP) is 1.50. The quantitative estimate of drug-likeness (QED) is 0.844. The zero-order valence-electron chi connectivity index (χ0n) is 12.7. The molecule has 3 aliphatic rings. The van der Waals surface area contributed by atoms with Gasteiger partial charge in [0.1, 0.15) is 0 Å². The molecule has 0 saturated heterocycles. The lowest BCUT2D eigenvalue weighted by Gasteiger charge is -2.28. The zero-order valence-corrected chi connectivity index (χ0v) is 12.7. The van der Waals surface area contributed by atoms with Crippen molar-refractivity contribution in [2.24, 2.45) is 27.7 Å². The van der Waals surface area contributed by atoms with Crippen molar-refractivity contribution < 1.29 is 5.11 Å². The van der Waals surface area contributed by atoms with Crippen molar-refractivity contribution in [3.8, 4) is 0 Å². The van der Waals surface area contributed by atoms with E-state index in [0.29, 0.717) is 11.8 Å². The standard InChI is InChI=1S/C19H22N2O/c1-2-13-12-7-9-21-18(13)16(11-12)19(22)15-8-10-20-17-6-4-3-5-14(15)17/h2-6,9,12-13,16,18-19,22H,1,7-8,10-11H2/t12-,13-,16-,18-,19-/m1/s1. The molecule has 1 aromatic rings. The summed E-state index contributed by atoms with van der Waals surface area (Å²) in [6.07, 6.45) is 6.62. The molecule has 0 radical (unpaired) electrons. The van der Waals surface area contributed by atoms with Gasteiger partial charge in [-0.05, 0) is 43.0 Å². The van der Waals surface area contributed by atoms with Gasteiger partial charge in [0.15, 0.2) is 0 Å². The summed E-state index contributed by atoms with van der Waals surface area (Å²) in [7, 11) is 0. The van der Waals surface area contributed by atoms with Crippen LogP contribution in [0.1, 0.15) is 19.3 Å². The minimum atomic E-state index is -0.413. The third-order valence-electron chi connectivity index (χ3n) is 5.59. The van der Waals surface area contributed by atoms with Gasteiger partial charge in [-0.2, -0.15) is 0 Å². The highest BCUT2D eigenvalue weighted by Gasteiger charge is 2.46. The third kappa shape index (κ3) is 2.07. The van der Waals surface area contributed by atoms with Crippen LogP contribution in [0.25, 0.3) is 5.57 Å². The van der Waals surface area contributed by atoms with E-state index in [-0.39, 0.29) is 12.0 Å². The van der Waals surface area contributed by atoms with Gasteiger partial charge in [0, 0.05) is 23.6 Å². The lowest BCUT2D eigenvalue weighted by Crippen LogP contribution is -2.39. The molecule has 22 heavy (non-hydrogen) atoms. The molecule has 0 spiro atoms. The van der Waals surface area contributed by atoms with Crippen LogP contribution in [0.5, 0.6) is 0 Å². The number of hydrogen-bond acceptors (Lipinski definition) is 3. The molecule has 0 aromatic heterocycles. The molecule has 0 amide bonds. The monoisotopic (exact) mass is 294 g/mol. The number of aliphatic hydroxyl groups excluding tert-OH is 1. The van der Waals surface area contributed by atoms with Crippen molar-refractivity contribution in [1.82, 2.24) is 0 Å². The van der Waals surface area contributed by atoms with Crippen molar-refractivity contribution in [2.75, 3.05) is 6.54 Å². The first-order valence-corrected chi connectivity index (χ1v) is 8.24. The summed E-state index contributed by atoms with van der Waals surface area (Å²) < 4.78 is 0. The fraction of sp³-hybridized carbons (Fsp3) is 0.474. The minimum absolute atomic E-state index is 0.199. The second-order valence-corrected chi connectivity index (χ2v) is 6.65. The van der Waals surface area contributed by atoms with Crippen molar-refractivity contribution in [3.05, 3.63) is 47.5 Å². The van der Waals surface area contributed by atoms with Crippen LogP contribution in [0.3, 0.4) is 0 Å². The Morgan fingerprint density at radius 2 is 2.18 bits per heavy atom. The Bertz CT molecular complexity index is 736. The predicted molar refractivity (Wildman–Crippen MR) is 88.3 cm³/mol. The zero-order chi connectivity index (χ0) is 15.1. The van der Waals surface area contributed by atoms with Gasteiger partial charge < -0.3 is 5.11 Å². The molecular weight excluding hydrogens is 272 g/mol. The van der Waals surface area contributed by atoms with Crippen LogP contribution in [-0.2, 0) is 0 Å².